The maximum absolute atomic E-state index is 10.6. The molecule has 0 amide bonds. The number of aromatic nitrogens is 1. The molecule has 19 heavy (non-hydrogen) atoms. The Morgan fingerprint density at radius 2 is 2.42 bits per heavy atom. The van der Waals surface area contributed by atoms with Gasteiger partial charge >= 0.3 is 5.97 Å². The third-order valence-electron chi connectivity index (χ3n) is 2.81. The van der Waals surface area contributed by atoms with Crippen molar-refractivity contribution >= 4 is 17.5 Å². The minimum atomic E-state index is -0.913. The SMILES string of the molecule is O=C(O)CC1CN(c2ccc([N+](=O)[O-])cn2)CCO1. The van der Waals surface area contributed by atoms with E-state index in [1.165, 1.54) is 12.3 Å². The molecule has 2 rings (SSSR count). The van der Waals surface area contributed by atoms with E-state index in [1.54, 1.807) is 6.07 Å². The van der Waals surface area contributed by atoms with Crippen molar-refractivity contribution < 1.29 is 19.6 Å². The zero-order valence-electron chi connectivity index (χ0n) is 10.1. The van der Waals surface area contributed by atoms with Crippen molar-refractivity contribution in [3.63, 3.8) is 0 Å². The first-order valence-electron chi connectivity index (χ1n) is 5.75. The van der Waals surface area contributed by atoms with Crippen LogP contribution < -0.4 is 4.90 Å². The molecule has 1 saturated heterocycles. The number of aliphatic carboxylic acids is 1. The van der Waals surface area contributed by atoms with E-state index in [2.05, 4.69) is 4.98 Å². The molecule has 0 radical (unpaired) electrons. The van der Waals surface area contributed by atoms with Crippen molar-refractivity contribution in [3.8, 4) is 0 Å². The minimum Gasteiger partial charge on any atom is -0.481 e. The number of ether oxygens (including phenoxy) is 1. The van der Waals surface area contributed by atoms with Gasteiger partial charge in [0.05, 0.1) is 24.1 Å². The Labute approximate surface area is 108 Å². The molecule has 102 valence electrons. The molecular weight excluding hydrogens is 254 g/mol. The molecule has 1 aliphatic heterocycles. The number of hydrogen-bond acceptors (Lipinski definition) is 6. The Morgan fingerprint density at radius 1 is 1.63 bits per heavy atom. The number of carbonyl (C=O) groups is 1. The van der Waals surface area contributed by atoms with Crippen LogP contribution in [0.4, 0.5) is 11.5 Å². The average molecular weight is 267 g/mol. The molecule has 8 nitrogen and oxygen atoms in total. The van der Waals surface area contributed by atoms with E-state index in [9.17, 15) is 14.9 Å². The van der Waals surface area contributed by atoms with Crippen molar-refractivity contribution in [3.05, 3.63) is 28.4 Å². The number of rotatable bonds is 4. The third-order valence-corrected chi connectivity index (χ3v) is 2.81. The second-order valence-electron chi connectivity index (χ2n) is 4.17. The molecule has 2 heterocycles. The lowest BCUT2D eigenvalue weighted by Gasteiger charge is -2.33. The molecule has 0 spiro atoms. The largest absolute Gasteiger partial charge is 0.481 e. The summed E-state index contributed by atoms with van der Waals surface area (Å²) in [6.07, 6.45) is 0.740. The second kappa shape index (κ2) is 5.61. The van der Waals surface area contributed by atoms with Gasteiger partial charge in [0.25, 0.3) is 5.69 Å². The van der Waals surface area contributed by atoms with E-state index in [0.717, 1.165) is 0 Å². The molecule has 1 N–H and O–H groups in total. The van der Waals surface area contributed by atoms with Crippen LogP contribution >= 0.6 is 0 Å². The molecule has 1 aliphatic rings. The molecule has 0 bridgehead atoms. The van der Waals surface area contributed by atoms with Gasteiger partial charge < -0.3 is 14.7 Å². The highest BCUT2D eigenvalue weighted by atomic mass is 16.6. The van der Waals surface area contributed by atoms with Crippen LogP contribution in [0.2, 0.25) is 0 Å². The average Bonchev–Trinajstić information content (AvgIpc) is 2.38. The Morgan fingerprint density at radius 3 is 3.00 bits per heavy atom. The van der Waals surface area contributed by atoms with E-state index in [-0.39, 0.29) is 18.2 Å². The maximum Gasteiger partial charge on any atom is 0.306 e. The fraction of sp³-hybridized carbons (Fsp3) is 0.455. The number of carboxylic acids is 1. The first kappa shape index (κ1) is 13.2. The fourth-order valence-corrected chi connectivity index (χ4v) is 1.92. The first-order chi connectivity index (χ1) is 9.06. The summed E-state index contributed by atoms with van der Waals surface area (Å²) < 4.78 is 5.34. The Bertz CT molecular complexity index is 476. The predicted octanol–water partition coefficient (Wildman–Crippen LogP) is 0.670. The number of carboxylic acid groups (broad SMARTS) is 1. The number of nitrogens with zero attached hydrogens (tertiary/aromatic N) is 3. The molecular formula is C11H13N3O5. The van der Waals surface area contributed by atoms with Crippen molar-refractivity contribution in [2.24, 2.45) is 0 Å². The van der Waals surface area contributed by atoms with E-state index in [1.807, 2.05) is 4.90 Å². The second-order valence-corrected chi connectivity index (χ2v) is 4.17. The summed E-state index contributed by atoms with van der Waals surface area (Å²) in [5.41, 5.74) is -0.0703. The zero-order chi connectivity index (χ0) is 13.8. The summed E-state index contributed by atoms with van der Waals surface area (Å²) in [6.45, 7) is 1.41. The molecule has 1 atom stereocenters. The van der Waals surface area contributed by atoms with Gasteiger partial charge in [0.1, 0.15) is 12.0 Å². The van der Waals surface area contributed by atoms with Crippen molar-refractivity contribution in [1.29, 1.82) is 0 Å². The summed E-state index contributed by atoms with van der Waals surface area (Å²) in [7, 11) is 0. The van der Waals surface area contributed by atoms with Crippen molar-refractivity contribution in [2.75, 3.05) is 24.6 Å². The van der Waals surface area contributed by atoms with E-state index < -0.39 is 10.9 Å². The van der Waals surface area contributed by atoms with Crippen molar-refractivity contribution in [1.82, 2.24) is 4.98 Å². The maximum atomic E-state index is 10.6. The highest BCUT2D eigenvalue weighted by Crippen LogP contribution is 2.19. The van der Waals surface area contributed by atoms with Gasteiger partial charge in [-0.2, -0.15) is 0 Å². The van der Waals surface area contributed by atoms with Crippen LogP contribution in [0.5, 0.6) is 0 Å². The van der Waals surface area contributed by atoms with Gasteiger partial charge in [0.2, 0.25) is 0 Å². The van der Waals surface area contributed by atoms with Crippen LogP contribution in [0, 0.1) is 10.1 Å². The van der Waals surface area contributed by atoms with Gasteiger partial charge in [0, 0.05) is 19.2 Å². The lowest BCUT2D eigenvalue weighted by atomic mass is 10.2. The molecule has 0 aliphatic carbocycles. The Kier molecular flexibility index (Phi) is 3.91. The van der Waals surface area contributed by atoms with Crippen LogP contribution in [0.15, 0.2) is 18.3 Å². The highest BCUT2D eigenvalue weighted by Gasteiger charge is 2.23. The molecule has 1 aromatic heterocycles. The first-order valence-corrected chi connectivity index (χ1v) is 5.75. The van der Waals surface area contributed by atoms with Gasteiger partial charge in [-0.1, -0.05) is 0 Å². The summed E-state index contributed by atoms with van der Waals surface area (Å²) in [5, 5.41) is 19.3. The fourth-order valence-electron chi connectivity index (χ4n) is 1.92. The monoisotopic (exact) mass is 267 g/mol. The molecule has 0 aromatic carbocycles. The lowest BCUT2D eigenvalue weighted by molar-refractivity contribution is -0.385. The Balaban J connectivity index is 2.04. The van der Waals surface area contributed by atoms with Gasteiger partial charge in [0.15, 0.2) is 0 Å². The number of pyridine rings is 1. The molecule has 1 fully saturated rings. The lowest BCUT2D eigenvalue weighted by Crippen LogP contribution is -2.43. The summed E-state index contributed by atoms with van der Waals surface area (Å²) in [6, 6.07) is 2.94. The summed E-state index contributed by atoms with van der Waals surface area (Å²) >= 11 is 0. The van der Waals surface area contributed by atoms with Crippen LogP contribution in [0.25, 0.3) is 0 Å². The van der Waals surface area contributed by atoms with Crippen LogP contribution in [-0.4, -0.2) is 46.8 Å². The normalized spacial score (nSPS) is 19.2. The third kappa shape index (κ3) is 3.38. The number of hydrogen-bond donors (Lipinski definition) is 1. The van der Waals surface area contributed by atoms with Crippen LogP contribution in [0.3, 0.4) is 0 Å². The molecule has 1 unspecified atom stereocenters. The minimum absolute atomic E-state index is 0.0660. The van der Waals surface area contributed by atoms with Crippen molar-refractivity contribution in [2.45, 2.75) is 12.5 Å². The van der Waals surface area contributed by atoms with Gasteiger partial charge in [-0.3, -0.25) is 14.9 Å². The van der Waals surface area contributed by atoms with Crippen LogP contribution in [0.1, 0.15) is 6.42 Å². The van der Waals surface area contributed by atoms with Crippen LogP contribution in [-0.2, 0) is 9.53 Å². The predicted molar refractivity (Wildman–Crippen MR) is 65.1 cm³/mol. The van der Waals surface area contributed by atoms with Gasteiger partial charge in [-0.05, 0) is 6.07 Å². The highest BCUT2D eigenvalue weighted by molar-refractivity contribution is 5.67. The Hall–Kier alpha value is -2.22. The van der Waals surface area contributed by atoms with E-state index >= 15 is 0 Å². The number of anilines is 1. The molecule has 0 saturated carbocycles. The summed E-state index contributed by atoms with van der Waals surface area (Å²) in [5.74, 6) is -0.326. The van der Waals surface area contributed by atoms with Gasteiger partial charge in [-0.15, -0.1) is 0 Å². The van der Waals surface area contributed by atoms with Gasteiger partial charge in [-0.25, -0.2) is 4.98 Å². The van der Waals surface area contributed by atoms with E-state index in [0.29, 0.717) is 25.5 Å². The molecule has 8 heteroatoms. The quantitative estimate of drug-likeness (QED) is 0.631. The number of nitro groups is 1. The topological polar surface area (TPSA) is 106 Å². The molecule has 1 aromatic rings. The van der Waals surface area contributed by atoms with E-state index in [4.69, 9.17) is 9.84 Å². The summed E-state index contributed by atoms with van der Waals surface area (Å²) in [4.78, 5) is 26.5. The number of morpholine rings is 1. The standard InChI is InChI=1S/C11H13N3O5/c15-11(16)5-9-7-13(3-4-19-9)10-2-1-8(6-12-10)14(17)18/h1-2,6,9H,3-5,7H2,(H,15,16). The zero-order valence-corrected chi connectivity index (χ0v) is 10.1. The smallest absolute Gasteiger partial charge is 0.306 e.